The fourth-order valence-electron chi connectivity index (χ4n) is 4.65. The van der Waals surface area contributed by atoms with Crippen molar-refractivity contribution < 1.29 is 23.9 Å². The van der Waals surface area contributed by atoms with Crippen molar-refractivity contribution in [1.29, 1.82) is 0 Å². The van der Waals surface area contributed by atoms with E-state index in [0.29, 0.717) is 17.7 Å². The van der Waals surface area contributed by atoms with E-state index in [-0.39, 0.29) is 6.54 Å². The number of fused-ring (bicyclic) bond motifs is 1. The number of amides is 4. The van der Waals surface area contributed by atoms with Crippen LogP contribution in [-0.2, 0) is 19.1 Å². The molecular formula is C33H42N4O5. The topological polar surface area (TPSA) is 131 Å². The second-order valence-electron chi connectivity index (χ2n) is 11.5. The van der Waals surface area contributed by atoms with E-state index in [4.69, 9.17) is 10.5 Å². The Balaban J connectivity index is 2.03. The van der Waals surface area contributed by atoms with Gasteiger partial charge in [0.05, 0.1) is 6.42 Å². The van der Waals surface area contributed by atoms with Gasteiger partial charge in [0, 0.05) is 12.2 Å². The lowest BCUT2D eigenvalue weighted by Crippen LogP contribution is -2.53. The Morgan fingerprint density at radius 2 is 1.60 bits per heavy atom. The summed E-state index contributed by atoms with van der Waals surface area (Å²) in [5.41, 5.74) is 6.83. The van der Waals surface area contributed by atoms with E-state index in [9.17, 15) is 19.2 Å². The predicted molar refractivity (Wildman–Crippen MR) is 165 cm³/mol. The zero-order valence-corrected chi connectivity index (χ0v) is 25.1. The van der Waals surface area contributed by atoms with Gasteiger partial charge in [-0.15, -0.1) is 0 Å². The third-order valence-electron chi connectivity index (χ3n) is 6.65. The number of carbonyl (C=O) groups is 4. The maximum Gasteiger partial charge on any atom is 0.408 e. The van der Waals surface area contributed by atoms with Crippen molar-refractivity contribution in [3.05, 3.63) is 77.9 Å². The first kappa shape index (κ1) is 32.1. The Morgan fingerprint density at radius 1 is 0.929 bits per heavy atom. The van der Waals surface area contributed by atoms with Gasteiger partial charge in [-0.3, -0.25) is 14.4 Å². The van der Waals surface area contributed by atoms with Crippen molar-refractivity contribution in [1.82, 2.24) is 10.2 Å². The van der Waals surface area contributed by atoms with Crippen molar-refractivity contribution in [2.75, 3.05) is 11.9 Å². The Labute approximate surface area is 247 Å². The standard InChI is InChI=1S/C33H42N4O5/c1-6-7-10-19-37(31(40)27(21-28(34)38)36-32(41)42-33(3,4)5)29(24-15-13-22(2)14-16-24)30(39)35-26-18-17-23-11-8-9-12-25(23)20-26/h8-9,11-18,20,27,29H,6-7,10,19,21H2,1-5H3,(H2,34,38)(H,35,39)(H,36,41). The lowest BCUT2D eigenvalue weighted by molar-refractivity contribution is -0.142. The molecule has 2 atom stereocenters. The summed E-state index contributed by atoms with van der Waals surface area (Å²) in [4.78, 5) is 54.3. The summed E-state index contributed by atoms with van der Waals surface area (Å²) in [5.74, 6) is -1.80. The van der Waals surface area contributed by atoms with E-state index in [1.807, 2.05) is 80.6 Å². The molecule has 0 aromatic heterocycles. The Morgan fingerprint density at radius 3 is 2.21 bits per heavy atom. The molecule has 9 nitrogen and oxygen atoms in total. The van der Waals surface area contributed by atoms with E-state index in [0.717, 1.165) is 29.2 Å². The largest absolute Gasteiger partial charge is 0.444 e. The number of aryl methyl sites for hydroxylation is 1. The molecule has 0 fully saturated rings. The number of hydrogen-bond donors (Lipinski definition) is 3. The summed E-state index contributed by atoms with van der Waals surface area (Å²) in [6.07, 6.45) is 1.01. The first-order valence-electron chi connectivity index (χ1n) is 14.3. The van der Waals surface area contributed by atoms with Gasteiger partial charge in [0.15, 0.2) is 0 Å². The summed E-state index contributed by atoms with van der Waals surface area (Å²) in [7, 11) is 0. The number of carbonyl (C=O) groups excluding carboxylic acids is 4. The highest BCUT2D eigenvalue weighted by molar-refractivity contribution is 6.01. The summed E-state index contributed by atoms with van der Waals surface area (Å²) < 4.78 is 5.35. The van der Waals surface area contributed by atoms with Crippen molar-refractivity contribution >= 4 is 40.3 Å². The number of nitrogens with two attached hydrogens (primary N) is 1. The molecule has 4 amide bonds. The van der Waals surface area contributed by atoms with Gasteiger partial charge in [-0.2, -0.15) is 0 Å². The first-order chi connectivity index (χ1) is 19.9. The zero-order chi connectivity index (χ0) is 30.9. The Hall–Kier alpha value is -4.40. The van der Waals surface area contributed by atoms with Gasteiger partial charge >= 0.3 is 6.09 Å². The summed E-state index contributed by atoms with van der Waals surface area (Å²) in [5, 5.41) is 7.49. The fraction of sp³-hybridized carbons (Fsp3) is 0.394. The van der Waals surface area contributed by atoms with Crippen LogP contribution in [0.5, 0.6) is 0 Å². The summed E-state index contributed by atoms with van der Waals surface area (Å²) in [6, 6.07) is 18.4. The quantitative estimate of drug-likeness (QED) is 0.242. The highest BCUT2D eigenvalue weighted by atomic mass is 16.6. The third-order valence-corrected chi connectivity index (χ3v) is 6.65. The highest BCUT2D eigenvalue weighted by Crippen LogP contribution is 2.27. The molecule has 0 saturated heterocycles. The number of alkyl carbamates (subject to hydrolysis) is 1. The lowest BCUT2D eigenvalue weighted by Gasteiger charge is -2.34. The van der Waals surface area contributed by atoms with Crippen LogP contribution in [0.3, 0.4) is 0 Å². The van der Waals surface area contributed by atoms with Gasteiger partial charge in [0.1, 0.15) is 17.7 Å². The maximum absolute atomic E-state index is 14.2. The molecule has 0 heterocycles. The normalized spacial score (nSPS) is 12.7. The average Bonchev–Trinajstić information content (AvgIpc) is 2.91. The summed E-state index contributed by atoms with van der Waals surface area (Å²) in [6.45, 7) is 9.28. The molecular weight excluding hydrogens is 532 g/mol. The minimum absolute atomic E-state index is 0.224. The van der Waals surface area contributed by atoms with E-state index in [1.165, 1.54) is 4.90 Å². The minimum atomic E-state index is -1.32. The van der Waals surface area contributed by atoms with E-state index in [2.05, 4.69) is 10.6 Å². The van der Waals surface area contributed by atoms with Crippen LogP contribution >= 0.6 is 0 Å². The number of rotatable bonds is 12. The molecule has 3 aromatic rings. The number of hydrogen-bond acceptors (Lipinski definition) is 5. The molecule has 2 unspecified atom stereocenters. The van der Waals surface area contributed by atoms with Crippen LogP contribution in [-0.4, -0.2) is 46.9 Å². The highest BCUT2D eigenvalue weighted by Gasteiger charge is 2.37. The molecule has 4 N–H and O–H groups in total. The monoisotopic (exact) mass is 574 g/mol. The lowest BCUT2D eigenvalue weighted by atomic mass is 10.00. The molecule has 0 spiro atoms. The molecule has 224 valence electrons. The van der Waals surface area contributed by atoms with Crippen LogP contribution in [0.25, 0.3) is 10.8 Å². The number of nitrogens with one attached hydrogen (secondary N) is 2. The molecule has 0 radical (unpaired) electrons. The number of benzene rings is 3. The van der Waals surface area contributed by atoms with Gasteiger partial charge in [0.2, 0.25) is 11.8 Å². The molecule has 42 heavy (non-hydrogen) atoms. The van der Waals surface area contributed by atoms with Gasteiger partial charge in [0.25, 0.3) is 5.91 Å². The van der Waals surface area contributed by atoms with Crippen LogP contribution in [0.1, 0.15) is 70.5 Å². The van der Waals surface area contributed by atoms with Crippen molar-refractivity contribution in [2.24, 2.45) is 5.73 Å². The molecule has 0 bridgehead atoms. The van der Waals surface area contributed by atoms with E-state index in [1.54, 1.807) is 20.8 Å². The maximum atomic E-state index is 14.2. The molecule has 9 heteroatoms. The zero-order valence-electron chi connectivity index (χ0n) is 25.1. The fourth-order valence-corrected chi connectivity index (χ4v) is 4.65. The second kappa shape index (κ2) is 14.5. The molecule has 0 aliphatic rings. The minimum Gasteiger partial charge on any atom is -0.444 e. The van der Waals surface area contributed by atoms with Crippen LogP contribution < -0.4 is 16.4 Å². The number of unbranched alkanes of at least 4 members (excludes halogenated alkanes) is 2. The van der Waals surface area contributed by atoms with Gasteiger partial charge in [-0.05, 0) is 62.6 Å². The smallest absolute Gasteiger partial charge is 0.408 e. The Bertz CT molecular complexity index is 1400. The summed E-state index contributed by atoms with van der Waals surface area (Å²) >= 11 is 0. The predicted octanol–water partition coefficient (Wildman–Crippen LogP) is 5.62. The molecule has 3 rings (SSSR count). The van der Waals surface area contributed by atoms with Crippen LogP contribution in [0.15, 0.2) is 66.7 Å². The van der Waals surface area contributed by atoms with E-state index >= 15 is 0 Å². The number of ether oxygens (including phenoxy) is 1. The van der Waals surface area contributed by atoms with Gasteiger partial charge < -0.3 is 26.0 Å². The molecule has 3 aromatic carbocycles. The van der Waals surface area contributed by atoms with Crippen LogP contribution in [0, 0.1) is 6.92 Å². The molecule has 0 aliphatic heterocycles. The van der Waals surface area contributed by atoms with Crippen molar-refractivity contribution in [3.8, 4) is 0 Å². The SMILES string of the molecule is CCCCCN(C(=O)C(CC(N)=O)NC(=O)OC(C)(C)C)C(C(=O)Nc1ccc2ccccc2c1)c1ccc(C)cc1. The van der Waals surface area contributed by atoms with Crippen LogP contribution in [0.4, 0.5) is 10.5 Å². The third kappa shape index (κ3) is 9.33. The van der Waals surface area contributed by atoms with Gasteiger partial charge in [-0.25, -0.2) is 4.79 Å². The number of primary amides is 1. The molecule has 0 aliphatic carbocycles. The number of anilines is 1. The molecule has 0 saturated carbocycles. The average molecular weight is 575 g/mol. The number of nitrogens with zero attached hydrogens (tertiary/aromatic N) is 1. The van der Waals surface area contributed by atoms with Crippen molar-refractivity contribution in [2.45, 2.75) is 78.0 Å². The first-order valence-corrected chi connectivity index (χ1v) is 14.3. The van der Waals surface area contributed by atoms with Gasteiger partial charge in [-0.1, -0.05) is 79.9 Å². The van der Waals surface area contributed by atoms with Crippen molar-refractivity contribution in [3.63, 3.8) is 0 Å². The van der Waals surface area contributed by atoms with Crippen LogP contribution in [0.2, 0.25) is 0 Å². The second-order valence-corrected chi connectivity index (χ2v) is 11.5. The Kier molecular flexibility index (Phi) is 11.1. The van der Waals surface area contributed by atoms with E-state index < -0.39 is 47.9 Å².